The van der Waals surface area contributed by atoms with Crippen molar-refractivity contribution in [3.63, 3.8) is 0 Å². The van der Waals surface area contributed by atoms with Crippen molar-refractivity contribution >= 4 is 23.5 Å². The zero-order valence-electron chi connectivity index (χ0n) is 11.6. The van der Waals surface area contributed by atoms with Gasteiger partial charge in [0, 0.05) is 30.0 Å². The van der Waals surface area contributed by atoms with E-state index in [2.05, 4.69) is 5.32 Å². The van der Waals surface area contributed by atoms with Gasteiger partial charge in [0.15, 0.2) is 0 Å². The van der Waals surface area contributed by atoms with Gasteiger partial charge in [-0.2, -0.15) is 5.26 Å². The van der Waals surface area contributed by atoms with Crippen molar-refractivity contribution in [3.8, 4) is 6.07 Å². The lowest BCUT2D eigenvalue weighted by molar-refractivity contribution is -0.143. The highest BCUT2D eigenvalue weighted by molar-refractivity contribution is 6.30. The molecule has 5 nitrogen and oxygen atoms in total. The lowest BCUT2D eigenvalue weighted by Gasteiger charge is -2.06. The zero-order valence-corrected chi connectivity index (χ0v) is 12.4. The van der Waals surface area contributed by atoms with Gasteiger partial charge in [-0.15, -0.1) is 0 Å². The van der Waals surface area contributed by atoms with Gasteiger partial charge >= 0.3 is 5.97 Å². The van der Waals surface area contributed by atoms with Crippen LogP contribution in [-0.2, 0) is 9.53 Å². The highest BCUT2D eigenvalue weighted by atomic mass is 35.5. The van der Waals surface area contributed by atoms with E-state index in [-0.39, 0.29) is 24.9 Å². The maximum absolute atomic E-state index is 11.7. The van der Waals surface area contributed by atoms with Crippen LogP contribution in [-0.4, -0.2) is 25.0 Å². The number of nitrogens with zero attached hydrogens (tertiary/aromatic N) is 1. The number of ether oxygens (including phenoxy) is 1. The van der Waals surface area contributed by atoms with Gasteiger partial charge < -0.3 is 10.1 Å². The normalized spacial score (nSPS) is 9.71. The third kappa shape index (κ3) is 7.33. The van der Waals surface area contributed by atoms with E-state index in [0.717, 1.165) is 0 Å². The Hall–Kier alpha value is -2.06. The summed E-state index contributed by atoms with van der Waals surface area (Å²) in [4.78, 5) is 23.1. The van der Waals surface area contributed by atoms with Gasteiger partial charge in [0.1, 0.15) is 0 Å². The fourth-order valence-corrected chi connectivity index (χ4v) is 1.67. The van der Waals surface area contributed by atoms with Crippen molar-refractivity contribution in [1.29, 1.82) is 5.26 Å². The summed E-state index contributed by atoms with van der Waals surface area (Å²) in [6.07, 6.45) is 1.68. The van der Waals surface area contributed by atoms with Crippen molar-refractivity contribution in [3.05, 3.63) is 34.9 Å². The molecule has 6 heteroatoms. The monoisotopic (exact) mass is 308 g/mol. The number of hydrogen-bond acceptors (Lipinski definition) is 4. The van der Waals surface area contributed by atoms with E-state index in [9.17, 15) is 9.59 Å². The van der Waals surface area contributed by atoms with Gasteiger partial charge in [-0.1, -0.05) is 11.6 Å². The minimum Gasteiger partial charge on any atom is -0.466 e. The summed E-state index contributed by atoms with van der Waals surface area (Å²) in [6.45, 7) is 0.665. The summed E-state index contributed by atoms with van der Waals surface area (Å²) in [5.41, 5.74) is 0.526. The molecule has 0 saturated heterocycles. The first-order valence-electron chi connectivity index (χ1n) is 6.70. The Balaban J connectivity index is 2.13. The Morgan fingerprint density at radius 3 is 2.62 bits per heavy atom. The molecule has 0 unspecified atom stereocenters. The fourth-order valence-electron chi connectivity index (χ4n) is 1.55. The van der Waals surface area contributed by atoms with E-state index in [1.807, 2.05) is 6.07 Å². The molecule has 21 heavy (non-hydrogen) atoms. The van der Waals surface area contributed by atoms with Gasteiger partial charge in [-0.05, 0) is 37.1 Å². The molecule has 0 aliphatic rings. The molecule has 0 atom stereocenters. The van der Waals surface area contributed by atoms with Gasteiger partial charge in [-0.3, -0.25) is 9.59 Å². The number of rotatable bonds is 8. The minimum absolute atomic E-state index is 0.200. The minimum atomic E-state index is -0.311. The first kappa shape index (κ1) is 17.0. The number of nitriles is 1. The molecule has 0 fully saturated rings. The largest absolute Gasteiger partial charge is 0.466 e. The standard InChI is InChI=1S/C15H17ClN2O3/c16-13-7-5-12(6-8-13)15(20)18-10-3-4-14(19)21-11-2-1-9-17/h5-8H,1-4,10-11H2,(H,18,20). The summed E-state index contributed by atoms with van der Waals surface area (Å²) in [5.74, 6) is -0.511. The Bertz CT molecular complexity index is 509. The molecular formula is C15H17ClN2O3. The third-order valence-corrected chi connectivity index (χ3v) is 2.90. The summed E-state index contributed by atoms with van der Waals surface area (Å²) in [7, 11) is 0. The van der Waals surface area contributed by atoms with E-state index in [4.69, 9.17) is 21.6 Å². The van der Waals surface area contributed by atoms with E-state index < -0.39 is 0 Å². The van der Waals surface area contributed by atoms with Crippen LogP contribution in [0.2, 0.25) is 5.02 Å². The summed E-state index contributed by atoms with van der Waals surface area (Å²) in [5, 5.41) is 11.6. The smallest absolute Gasteiger partial charge is 0.305 e. The lowest BCUT2D eigenvalue weighted by atomic mass is 10.2. The predicted octanol–water partition coefficient (Wildman–Crippen LogP) is 2.70. The maximum atomic E-state index is 11.7. The number of nitrogens with one attached hydrogen (secondary N) is 1. The van der Waals surface area contributed by atoms with Crippen LogP contribution >= 0.6 is 11.6 Å². The van der Waals surface area contributed by atoms with E-state index in [0.29, 0.717) is 36.4 Å². The molecule has 1 aromatic rings. The second-order valence-electron chi connectivity index (χ2n) is 4.35. The highest BCUT2D eigenvalue weighted by Gasteiger charge is 2.06. The first-order chi connectivity index (χ1) is 10.1. The van der Waals surface area contributed by atoms with Crippen LogP contribution in [0.15, 0.2) is 24.3 Å². The molecular weight excluding hydrogens is 292 g/mol. The number of carbonyl (C=O) groups excluding carboxylic acids is 2. The maximum Gasteiger partial charge on any atom is 0.305 e. The lowest BCUT2D eigenvalue weighted by Crippen LogP contribution is -2.25. The van der Waals surface area contributed by atoms with Gasteiger partial charge in [0.25, 0.3) is 5.91 Å². The SMILES string of the molecule is N#CCCCOC(=O)CCCNC(=O)c1ccc(Cl)cc1. The fraction of sp³-hybridized carbons (Fsp3) is 0.400. The molecule has 1 rings (SSSR count). The Labute approximate surface area is 128 Å². The van der Waals surface area contributed by atoms with E-state index in [1.54, 1.807) is 24.3 Å². The second kappa shape index (κ2) is 9.78. The third-order valence-electron chi connectivity index (χ3n) is 2.65. The van der Waals surface area contributed by atoms with Crippen LogP contribution in [0.25, 0.3) is 0 Å². The van der Waals surface area contributed by atoms with Crippen LogP contribution in [0, 0.1) is 11.3 Å². The molecule has 0 aliphatic heterocycles. The zero-order chi connectivity index (χ0) is 15.5. The number of halogens is 1. The highest BCUT2D eigenvalue weighted by Crippen LogP contribution is 2.09. The van der Waals surface area contributed by atoms with Crippen molar-refractivity contribution < 1.29 is 14.3 Å². The number of hydrogen-bond donors (Lipinski definition) is 1. The van der Waals surface area contributed by atoms with Crippen molar-refractivity contribution in [2.45, 2.75) is 25.7 Å². The number of unbranched alkanes of at least 4 members (excludes halogenated alkanes) is 1. The Kier molecular flexibility index (Phi) is 7.92. The quantitative estimate of drug-likeness (QED) is 0.591. The van der Waals surface area contributed by atoms with Crippen LogP contribution in [0.5, 0.6) is 0 Å². The Morgan fingerprint density at radius 2 is 1.95 bits per heavy atom. The van der Waals surface area contributed by atoms with Gasteiger partial charge in [0.2, 0.25) is 0 Å². The number of amides is 1. The summed E-state index contributed by atoms with van der Waals surface area (Å²) >= 11 is 5.74. The Morgan fingerprint density at radius 1 is 1.24 bits per heavy atom. The summed E-state index contributed by atoms with van der Waals surface area (Å²) < 4.78 is 4.93. The molecule has 1 aromatic carbocycles. The molecule has 0 aromatic heterocycles. The van der Waals surface area contributed by atoms with Crippen LogP contribution < -0.4 is 5.32 Å². The average Bonchev–Trinajstić information content (AvgIpc) is 2.48. The average molecular weight is 309 g/mol. The molecule has 1 amide bonds. The number of carbonyl (C=O) groups is 2. The van der Waals surface area contributed by atoms with Gasteiger partial charge in [-0.25, -0.2) is 0 Å². The molecule has 0 aliphatic carbocycles. The van der Waals surface area contributed by atoms with Crippen molar-refractivity contribution in [2.24, 2.45) is 0 Å². The summed E-state index contributed by atoms with van der Waals surface area (Å²) in [6, 6.07) is 8.55. The molecule has 0 spiro atoms. The van der Waals surface area contributed by atoms with E-state index >= 15 is 0 Å². The molecule has 0 saturated carbocycles. The molecule has 112 valence electrons. The molecule has 1 N–H and O–H groups in total. The van der Waals surface area contributed by atoms with Crippen molar-refractivity contribution in [1.82, 2.24) is 5.32 Å². The van der Waals surface area contributed by atoms with Crippen LogP contribution in [0.3, 0.4) is 0 Å². The second-order valence-corrected chi connectivity index (χ2v) is 4.78. The van der Waals surface area contributed by atoms with Gasteiger partial charge in [0.05, 0.1) is 12.7 Å². The van der Waals surface area contributed by atoms with Crippen LogP contribution in [0.4, 0.5) is 0 Å². The van der Waals surface area contributed by atoms with Crippen LogP contribution in [0.1, 0.15) is 36.0 Å². The number of esters is 1. The van der Waals surface area contributed by atoms with E-state index in [1.165, 1.54) is 0 Å². The molecule has 0 radical (unpaired) electrons. The first-order valence-corrected chi connectivity index (χ1v) is 7.07. The predicted molar refractivity (Wildman–Crippen MR) is 78.8 cm³/mol. The topological polar surface area (TPSA) is 79.2 Å². The molecule has 0 heterocycles. The molecule has 0 bridgehead atoms. The van der Waals surface area contributed by atoms with Crippen molar-refractivity contribution in [2.75, 3.05) is 13.2 Å². The number of benzene rings is 1.